The first-order valence-electron chi connectivity index (χ1n) is 13.4. The smallest absolute Gasteiger partial charge is 0.251 e. The normalized spacial score (nSPS) is 17.3. The van der Waals surface area contributed by atoms with Gasteiger partial charge >= 0.3 is 0 Å². The molecule has 5 heteroatoms. The predicted octanol–water partition coefficient (Wildman–Crippen LogP) is 6.51. The number of aliphatic hydroxyl groups excluding tert-OH is 1. The molecular weight excluding hydrogens is 486 g/mol. The molecule has 2 heterocycles. The number of ether oxygens (including phenoxy) is 2. The van der Waals surface area contributed by atoms with Crippen LogP contribution in [0.15, 0.2) is 114 Å². The molecule has 0 bridgehead atoms. The molecule has 2 atom stereocenters. The fourth-order valence-corrected chi connectivity index (χ4v) is 5.30. The minimum atomic E-state index is -0.324. The summed E-state index contributed by atoms with van der Waals surface area (Å²) in [4.78, 5) is 13.4. The zero-order chi connectivity index (χ0) is 26.6. The molecule has 1 aliphatic heterocycles. The van der Waals surface area contributed by atoms with E-state index < -0.39 is 0 Å². The van der Waals surface area contributed by atoms with Crippen LogP contribution in [-0.4, -0.2) is 22.4 Å². The lowest BCUT2D eigenvalue weighted by atomic mass is 9.98. The third kappa shape index (κ3) is 5.65. The molecule has 1 N–H and O–H groups in total. The molecule has 1 aromatic heterocycles. The van der Waals surface area contributed by atoms with Crippen molar-refractivity contribution in [1.29, 1.82) is 0 Å². The summed E-state index contributed by atoms with van der Waals surface area (Å²) < 4.78 is 14.0. The molecule has 0 radical (unpaired) electrons. The summed E-state index contributed by atoms with van der Waals surface area (Å²) in [6.45, 7) is 1.43. The highest BCUT2D eigenvalue weighted by Crippen LogP contribution is 2.31. The van der Waals surface area contributed by atoms with Crippen LogP contribution in [-0.2, 0) is 17.9 Å². The van der Waals surface area contributed by atoms with Crippen LogP contribution in [0.2, 0.25) is 0 Å². The SMILES string of the molecule is O=c1cc(-c2ccccc2)c2ccc(OCc3cccc(C4CC(O)CCO4)c3)cc2n1Cc1ccccc1. The highest BCUT2D eigenvalue weighted by Gasteiger charge is 2.22. The molecule has 0 saturated carbocycles. The molecule has 1 aliphatic rings. The van der Waals surface area contributed by atoms with Gasteiger partial charge in [0.05, 0.1) is 24.3 Å². The van der Waals surface area contributed by atoms with Crippen LogP contribution in [0.25, 0.3) is 22.0 Å². The molecule has 1 saturated heterocycles. The number of aromatic nitrogens is 1. The van der Waals surface area contributed by atoms with Crippen LogP contribution in [0.1, 0.15) is 35.6 Å². The number of nitrogens with zero attached hydrogens (tertiary/aromatic N) is 1. The number of hydrogen-bond donors (Lipinski definition) is 1. The summed E-state index contributed by atoms with van der Waals surface area (Å²) in [5.74, 6) is 0.698. The molecule has 6 rings (SSSR count). The summed E-state index contributed by atoms with van der Waals surface area (Å²) in [5, 5.41) is 11.0. The monoisotopic (exact) mass is 517 g/mol. The second-order valence-corrected chi connectivity index (χ2v) is 10.1. The van der Waals surface area contributed by atoms with Crippen molar-refractivity contribution in [1.82, 2.24) is 4.57 Å². The van der Waals surface area contributed by atoms with Crippen LogP contribution in [0.5, 0.6) is 5.75 Å². The lowest BCUT2D eigenvalue weighted by Crippen LogP contribution is -2.23. The van der Waals surface area contributed by atoms with Crippen LogP contribution in [0.4, 0.5) is 0 Å². The number of fused-ring (bicyclic) bond motifs is 1. The Balaban J connectivity index is 1.33. The lowest BCUT2D eigenvalue weighted by Gasteiger charge is -2.27. The molecule has 5 aromatic rings. The van der Waals surface area contributed by atoms with Gasteiger partial charge in [-0.15, -0.1) is 0 Å². The Labute approximate surface area is 227 Å². The maximum absolute atomic E-state index is 13.4. The summed E-state index contributed by atoms with van der Waals surface area (Å²) >= 11 is 0. The first kappa shape index (κ1) is 25.1. The van der Waals surface area contributed by atoms with E-state index >= 15 is 0 Å². The van der Waals surface area contributed by atoms with Crippen molar-refractivity contribution < 1.29 is 14.6 Å². The van der Waals surface area contributed by atoms with Crippen LogP contribution < -0.4 is 10.3 Å². The predicted molar refractivity (Wildman–Crippen MR) is 154 cm³/mol. The third-order valence-electron chi connectivity index (χ3n) is 7.34. The first-order valence-corrected chi connectivity index (χ1v) is 13.4. The largest absolute Gasteiger partial charge is 0.489 e. The second kappa shape index (κ2) is 11.3. The Bertz CT molecular complexity index is 1630. The average Bonchev–Trinajstić information content (AvgIpc) is 2.98. The third-order valence-corrected chi connectivity index (χ3v) is 7.34. The Kier molecular flexibility index (Phi) is 7.26. The molecule has 4 aromatic carbocycles. The van der Waals surface area contributed by atoms with Crippen molar-refractivity contribution in [3.8, 4) is 16.9 Å². The number of aliphatic hydroxyl groups is 1. The fraction of sp³-hybridized carbons (Fsp3) is 0.206. The molecule has 2 unspecified atom stereocenters. The minimum Gasteiger partial charge on any atom is -0.489 e. The van der Waals surface area contributed by atoms with E-state index in [1.165, 1.54) is 0 Å². The standard InChI is InChI=1S/C34H31NO4/c36-28-16-17-38-33(19-28)27-13-7-10-25(18-27)23-39-29-14-15-30-31(26-11-5-2-6-12-26)21-34(37)35(32(30)20-29)22-24-8-3-1-4-9-24/h1-15,18,20-21,28,33,36H,16-17,19,22-23H2. The van der Waals surface area contributed by atoms with Gasteiger partial charge < -0.3 is 19.1 Å². The molecule has 0 amide bonds. The van der Waals surface area contributed by atoms with Crippen molar-refractivity contribution in [3.05, 3.63) is 136 Å². The second-order valence-electron chi connectivity index (χ2n) is 10.1. The van der Waals surface area contributed by atoms with E-state index in [1.54, 1.807) is 6.07 Å². The summed E-state index contributed by atoms with van der Waals surface area (Å²) in [6.07, 6.45) is 0.869. The molecule has 5 nitrogen and oxygen atoms in total. The molecular formula is C34H31NO4. The molecule has 196 valence electrons. The van der Waals surface area contributed by atoms with Crippen LogP contribution >= 0.6 is 0 Å². The van der Waals surface area contributed by atoms with Gasteiger partial charge in [-0.3, -0.25) is 4.79 Å². The van der Waals surface area contributed by atoms with Crippen LogP contribution in [0, 0.1) is 0 Å². The minimum absolute atomic E-state index is 0.0512. The van der Waals surface area contributed by atoms with E-state index in [1.807, 2.05) is 102 Å². The van der Waals surface area contributed by atoms with E-state index in [4.69, 9.17) is 9.47 Å². The van der Waals surface area contributed by atoms with Gasteiger partial charge in [0.1, 0.15) is 12.4 Å². The number of pyridine rings is 1. The van der Waals surface area contributed by atoms with Gasteiger partial charge in [-0.1, -0.05) is 78.9 Å². The first-order chi connectivity index (χ1) is 19.1. The number of benzene rings is 4. The molecule has 0 spiro atoms. The lowest BCUT2D eigenvalue weighted by molar-refractivity contribution is -0.0448. The summed E-state index contributed by atoms with van der Waals surface area (Å²) in [7, 11) is 0. The molecule has 0 aliphatic carbocycles. The zero-order valence-electron chi connectivity index (χ0n) is 21.7. The van der Waals surface area contributed by atoms with E-state index in [-0.39, 0.29) is 17.8 Å². The van der Waals surface area contributed by atoms with Gasteiger partial charge in [0.25, 0.3) is 5.56 Å². The quantitative estimate of drug-likeness (QED) is 0.267. The van der Waals surface area contributed by atoms with Crippen molar-refractivity contribution >= 4 is 10.9 Å². The van der Waals surface area contributed by atoms with Crippen LogP contribution in [0.3, 0.4) is 0 Å². The summed E-state index contributed by atoms with van der Waals surface area (Å²) in [5.41, 5.74) is 5.84. The van der Waals surface area contributed by atoms with Gasteiger partial charge in [-0.2, -0.15) is 0 Å². The van der Waals surface area contributed by atoms with Gasteiger partial charge in [0.2, 0.25) is 0 Å². The van der Waals surface area contributed by atoms with Crippen molar-refractivity contribution in [2.75, 3.05) is 6.61 Å². The van der Waals surface area contributed by atoms with Crippen molar-refractivity contribution in [2.24, 2.45) is 0 Å². The van der Waals surface area contributed by atoms with E-state index in [0.29, 0.717) is 38.3 Å². The molecule has 39 heavy (non-hydrogen) atoms. The van der Waals surface area contributed by atoms with Gasteiger partial charge in [-0.05, 0) is 52.4 Å². The zero-order valence-corrected chi connectivity index (χ0v) is 21.7. The van der Waals surface area contributed by atoms with Gasteiger partial charge in [0.15, 0.2) is 0 Å². The number of rotatable bonds is 7. The average molecular weight is 518 g/mol. The molecule has 1 fully saturated rings. The van der Waals surface area contributed by atoms with E-state index in [2.05, 4.69) is 6.07 Å². The van der Waals surface area contributed by atoms with Gasteiger partial charge in [-0.25, -0.2) is 0 Å². The maximum atomic E-state index is 13.4. The Hall–Kier alpha value is -4.19. The highest BCUT2D eigenvalue weighted by molar-refractivity contribution is 5.95. The van der Waals surface area contributed by atoms with E-state index in [0.717, 1.165) is 38.7 Å². The Morgan fingerprint density at radius 2 is 1.62 bits per heavy atom. The Morgan fingerprint density at radius 1 is 0.846 bits per heavy atom. The number of hydrogen-bond acceptors (Lipinski definition) is 4. The van der Waals surface area contributed by atoms with E-state index in [9.17, 15) is 9.90 Å². The maximum Gasteiger partial charge on any atom is 0.251 e. The topological polar surface area (TPSA) is 60.7 Å². The van der Waals surface area contributed by atoms with Gasteiger partial charge in [0, 0.05) is 30.5 Å². The fourth-order valence-electron chi connectivity index (χ4n) is 5.30. The van der Waals surface area contributed by atoms with Crippen molar-refractivity contribution in [2.45, 2.75) is 38.2 Å². The highest BCUT2D eigenvalue weighted by atomic mass is 16.5. The summed E-state index contributed by atoms with van der Waals surface area (Å²) in [6, 6.07) is 35.9. The Morgan fingerprint density at radius 3 is 2.41 bits per heavy atom. The van der Waals surface area contributed by atoms with Crippen molar-refractivity contribution in [3.63, 3.8) is 0 Å².